The number of carbonyl (C=O) groups excluding carboxylic acids is 1. The molecular formula is C19H29N3O4. The topological polar surface area (TPSA) is 64.0 Å². The van der Waals surface area contributed by atoms with Gasteiger partial charge in [0.2, 0.25) is 0 Å². The second kappa shape index (κ2) is 8.33. The fourth-order valence-corrected chi connectivity index (χ4v) is 3.66. The summed E-state index contributed by atoms with van der Waals surface area (Å²) in [5, 5.41) is 0. The molecule has 1 aromatic rings. The summed E-state index contributed by atoms with van der Waals surface area (Å²) in [6.45, 7) is 9.56. The Morgan fingerprint density at radius 1 is 1.19 bits per heavy atom. The zero-order valence-electron chi connectivity index (χ0n) is 16.0. The highest BCUT2D eigenvalue weighted by molar-refractivity contribution is 5.95. The first-order valence-electron chi connectivity index (χ1n) is 9.35. The van der Waals surface area contributed by atoms with Crippen LogP contribution in [0.4, 0.5) is 0 Å². The lowest BCUT2D eigenvalue weighted by molar-refractivity contribution is -0.0112. The van der Waals surface area contributed by atoms with Gasteiger partial charge in [0.1, 0.15) is 5.56 Å². The Morgan fingerprint density at radius 2 is 1.92 bits per heavy atom. The number of rotatable bonds is 3. The molecule has 3 rings (SSSR count). The molecule has 2 aliphatic heterocycles. The number of hydrogen-bond donors (Lipinski definition) is 0. The molecule has 26 heavy (non-hydrogen) atoms. The van der Waals surface area contributed by atoms with Crippen LogP contribution in [0.5, 0.6) is 0 Å². The van der Waals surface area contributed by atoms with E-state index in [-0.39, 0.29) is 23.1 Å². The number of nitrogens with zero attached hydrogens (tertiary/aromatic N) is 3. The molecule has 1 atom stereocenters. The van der Waals surface area contributed by atoms with Crippen molar-refractivity contribution in [2.45, 2.75) is 26.4 Å². The first kappa shape index (κ1) is 19.1. The molecule has 0 aliphatic carbocycles. The number of amides is 1. The number of aryl methyl sites for hydroxylation is 2. The average molecular weight is 363 g/mol. The Labute approximate surface area is 154 Å². The van der Waals surface area contributed by atoms with Crippen LogP contribution < -0.4 is 5.56 Å². The van der Waals surface area contributed by atoms with Crippen LogP contribution in [0, 0.1) is 13.8 Å². The van der Waals surface area contributed by atoms with E-state index < -0.39 is 0 Å². The maximum Gasteiger partial charge on any atom is 0.263 e. The minimum atomic E-state index is -0.220. The number of carbonyl (C=O) groups is 1. The third-order valence-electron chi connectivity index (χ3n) is 5.28. The normalized spacial score (nSPS) is 22.3. The lowest BCUT2D eigenvalue weighted by atomic mass is 10.1. The van der Waals surface area contributed by atoms with E-state index in [2.05, 4.69) is 4.90 Å². The summed E-state index contributed by atoms with van der Waals surface area (Å²) >= 11 is 0. The van der Waals surface area contributed by atoms with Crippen molar-refractivity contribution < 1.29 is 14.3 Å². The van der Waals surface area contributed by atoms with Gasteiger partial charge < -0.3 is 18.9 Å². The van der Waals surface area contributed by atoms with Gasteiger partial charge in [-0.2, -0.15) is 0 Å². The molecule has 7 nitrogen and oxygen atoms in total. The fourth-order valence-electron chi connectivity index (χ4n) is 3.66. The molecule has 0 saturated carbocycles. The smallest absolute Gasteiger partial charge is 0.263 e. The van der Waals surface area contributed by atoms with E-state index in [0.717, 1.165) is 50.5 Å². The van der Waals surface area contributed by atoms with Gasteiger partial charge in [-0.05, 0) is 31.9 Å². The molecule has 0 unspecified atom stereocenters. The molecule has 2 aliphatic rings. The summed E-state index contributed by atoms with van der Waals surface area (Å²) in [4.78, 5) is 29.9. The van der Waals surface area contributed by atoms with Gasteiger partial charge in [0.05, 0.1) is 19.3 Å². The molecule has 1 aromatic heterocycles. The first-order valence-corrected chi connectivity index (χ1v) is 9.35. The minimum absolute atomic E-state index is 0.0332. The minimum Gasteiger partial charge on any atom is -0.379 e. The lowest BCUT2D eigenvalue weighted by Gasteiger charge is -2.31. The van der Waals surface area contributed by atoms with E-state index in [1.54, 1.807) is 16.5 Å². The van der Waals surface area contributed by atoms with Gasteiger partial charge in [-0.15, -0.1) is 0 Å². The first-order chi connectivity index (χ1) is 12.5. The van der Waals surface area contributed by atoms with Crippen LogP contribution in [0.25, 0.3) is 0 Å². The van der Waals surface area contributed by atoms with Gasteiger partial charge in [0, 0.05) is 52.1 Å². The van der Waals surface area contributed by atoms with Crippen molar-refractivity contribution in [3.8, 4) is 0 Å². The molecule has 0 aromatic carbocycles. The zero-order chi connectivity index (χ0) is 18.7. The van der Waals surface area contributed by atoms with Crippen molar-refractivity contribution in [2.24, 2.45) is 7.05 Å². The predicted octanol–water partition coefficient (Wildman–Crippen LogP) is 0.565. The number of hydrogen-bond acceptors (Lipinski definition) is 5. The highest BCUT2D eigenvalue weighted by atomic mass is 16.5. The summed E-state index contributed by atoms with van der Waals surface area (Å²) in [5.41, 5.74) is 1.66. The quantitative estimate of drug-likeness (QED) is 0.785. The van der Waals surface area contributed by atoms with E-state index in [0.29, 0.717) is 19.7 Å². The molecular weight excluding hydrogens is 334 g/mol. The van der Waals surface area contributed by atoms with Crippen molar-refractivity contribution >= 4 is 5.91 Å². The van der Waals surface area contributed by atoms with Gasteiger partial charge in [-0.3, -0.25) is 14.5 Å². The maximum absolute atomic E-state index is 13.1. The van der Waals surface area contributed by atoms with E-state index >= 15 is 0 Å². The molecule has 3 heterocycles. The van der Waals surface area contributed by atoms with Crippen LogP contribution in [-0.4, -0.2) is 78.9 Å². The third kappa shape index (κ3) is 4.16. The van der Waals surface area contributed by atoms with Gasteiger partial charge in [-0.1, -0.05) is 0 Å². The van der Waals surface area contributed by atoms with Crippen LogP contribution in [0.2, 0.25) is 0 Å². The second-order valence-electron chi connectivity index (χ2n) is 7.22. The van der Waals surface area contributed by atoms with Crippen LogP contribution in [0.15, 0.2) is 10.9 Å². The maximum atomic E-state index is 13.1. The Bertz CT molecular complexity index is 709. The SMILES string of the molecule is Cc1cc(C)n(C)c(=O)c1C(=O)N1CCCO[C@H](CN2CCOCC2)C1. The molecule has 2 saturated heterocycles. The summed E-state index contributed by atoms with van der Waals surface area (Å²) in [5.74, 6) is -0.180. The zero-order valence-corrected chi connectivity index (χ0v) is 16.0. The van der Waals surface area contributed by atoms with Crippen molar-refractivity contribution in [2.75, 3.05) is 52.5 Å². The number of ether oxygens (including phenoxy) is 2. The van der Waals surface area contributed by atoms with Gasteiger partial charge >= 0.3 is 0 Å². The van der Waals surface area contributed by atoms with Crippen LogP contribution in [-0.2, 0) is 16.5 Å². The Balaban J connectivity index is 1.76. The Morgan fingerprint density at radius 3 is 2.65 bits per heavy atom. The molecule has 0 spiro atoms. The van der Waals surface area contributed by atoms with Crippen molar-refractivity contribution in [1.29, 1.82) is 0 Å². The third-order valence-corrected chi connectivity index (χ3v) is 5.28. The van der Waals surface area contributed by atoms with Gasteiger partial charge in [0.25, 0.3) is 11.5 Å². The Kier molecular flexibility index (Phi) is 6.11. The van der Waals surface area contributed by atoms with Crippen LogP contribution >= 0.6 is 0 Å². The molecule has 0 radical (unpaired) electrons. The molecule has 7 heteroatoms. The molecule has 0 bridgehead atoms. The summed E-state index contributed by atoms with van der Waals surface area (Å²) in [6.07, 6.45) is 0.755. The number of aromatic nitrogens is 1. The lowest BCUT2D eigenvalue weighted by Crippen LogP contribution is -2.46. The molecule has 2 fully saturated rings. The summed E-state index contributed by atoms with van der Waals surface area (Å²) in [6, 6.07) is 1.90. The average Bonchev–Trinajstić information content (AvgIpc) is 2.86. The van der Waals surface area contributed by atoms with E-state index in [1.165, 1.54) is 0 Å². The monoisotopic (exact) mass is 363 g/mol. The van der Waals surface area contributed by atoms with E-state index in [1.807, 2.05) is 19.9 Å². The van der Waals surface area contributed by atoms with E-state index in [4.69, 9.17) is 9.47 Å². The number of morpholine rings is 1. The van der Waals surface area contributed by atoms with Crippen LogP contribution in [0.3, 0.4) is 0 Å². The van der Waals surface area contributed by atoms with Crippen LogP contribution in [0.1, 0.15) is 28.0 Å². The standard InChI is InChI=1S/C19H29N3O4/c1-14-11-15(2)20(3)18(23)17(14)19(24)22-5-4-8-26-16(13-22)12-21-6-9-25-10-7-21/h11,16H,4-10,12-13H2,1-3H3/t16-/m1/s1. The second-order valence-corrected chi connectivity index (χ2v) is 7.22. The van der Waals surface area contributed by atoms with Gasteiger partial charge in [0.15, 0.2) is 0 Å². The van der Waals surface area contributed by atoms with E-state index in [9.17, 15) is 9.59 Å². The highest BCUT2D eigenvalue weighted by Crippen LogP contribution is 2.14. The Hall–Kier alpha value is -1.70. The van der Waals surface area contributed by atoms with Crippen molar-refractivity contribution in [3.05, 3.63) is 33.2 Å². The highest BCUT2D eigenvalue weighted by Gasteiger charge is 2.28. The predicted molar refractivity (Wildman–Crippen MR) is 98.7 cm³/mol. The largest absolute Gasteiger partial charge is 0.379 e. The molecule has 144 valence electrons. The fraction of sp³-hybridized carbons (Fsp3) is 0.684. The van der Waals surface area contributed by atoms with Gasteiger partial charge in [-0.25, -0.2) is 0 Å². The summed E-state index contributed by atoms with van der Waals surface area (Å²) < 4.78 is 12.9. The van der Waals surface area contributed by atoms with Crippen molar-refractivity contribution in [1.82, 2.24) is 14.4 Å². The number of pyridine rings is 1. The molecule has 1 amide bonds. The summed E-state index contributed by atoms with van der Waals surface area (Å²) in [7, 11) is 1.71. The molecule has 0 N–H and O–H groups in total. The van der Waals surface area contributed by atoms with Crippen molar-refractivity contribution in [3.63, 3.8) is 0 Å².